The van der Waals surface area contributed by atoms with Crippen LogP contribution in [0.2, 0.25) is 0 Å². The van der Waals surface area contributed by atoms with Crippen LogP contribution in [0.4, 0.5) is 28.0 Å². The van der Waals surface area contributed by atoms with Crippen molar-refractivity contribution in [3.8, 4) is 17.3 Å². The molecule has 0 aliphatic heterocycles. The number of aliphatic hydroxyl groups is 1. The van der Waals surface area contributed by atoms with Crippen LogP contribution in [-0.4, -0.2) is 52.6 Å². The second-order valence-corrected chi connectivity index (χ2v) is 12.9. The molecule has 0 bridgehead atoms. The molecule has 0 saturated heterocycles. The van der Waals surface area contributed by atoms with E-state index in [1.54, 1.807) is 36.6 Å². The number of aromatic nitrogens is 4. The third-order valence-electron chi connectivity index (χ3n) is 8.47. The SMILES string of the molecule is CNCC(=O)OCc1cc(F)c(F)cc1N(C)C(=O)OC(C)[n+]1cnn(C[C@](O)(c2cc(F)ccc2F)[C@@H](C)c2nc(-c3ccc(C#N)cc3)cs2)c1. The summed E-state index contributed by atoms with van der Waals surface area (Å²) in [6.07, 6.45) is 0.620. The van der Waals surface area contributed by atoms with E-state index in [4.69, 9.17) is 14.7 Å². The Balaban J connectivity index is 1.37. The number of benzene rings is 3. The number of hydrogen-bond acceptors (Lipinski definition) is 10. The van der Waals surface area contributed by atoms with Gasteiger partial charge in [0, 0.05) is 53.1 Å². The third kappa shape index (κ3) is 8.68. The number of amides is 1. The summed E-state index contributed by atoms with van der Waals surface area (Å²) in [5.41, 5.74) is -0.791. The molecule has 1 unspecified atom stereocenters. The van der Waals surface area contributed by atoms with Crippen LogP contribution in [0.25, 0.3) is 11.3 Å². The lowest BCUT2D eigenvalue weighted by Crippen LogP contribution is -2.42. The van der Waals surface area contributed by atoms with Crippen LogP contribution in [0.1, 0.15) is 47.7 Å². The lowest BCUT2D eigenvalue weighted by molar-refractivity contribution is -0.753. The highest BCUT2D eigenvalue weighted by molar-refractivity contribution is 7.10. The number of esters is 1. The Labute approximate surface area is 305 Å². The van der Waals surface area contributed by atoms with E-state index in [2.05, 4.69) is 21.5 Å². The van der Waals surface area contributed by atoms with Crippen molar-refractivity contribution in [2.75, 3.05) is 25.5 Å². The monoisotopic (exact) mass is 752 g/mol. The highest BCUT2D eigenvalue weighted by Gasteiger charge is 2.43. The summed E-state index contributed by atoms with van der Waals surface area (Å²) in [6.45, 7) is 2.14. The van der Waals surface area contributed by atoms with Gasteiger partial charge in [0.05, 0.1) is 34.6 Å². The molecule has 5 aromatic rings. The number of ether oxygens (including phenoxy) is 2. The molecule has 0 aliphatic rings. The Morgan fingerprint density at radius 2 is 1.81 bits per heavy atom. The molecule has 0 spiro atoms. The van der Waals surface area contributed by atoms with Crippen LogP contribution in [0.15, 0.2) is 72.6 Å². The maximum atomic E-state index is 15.3. The number of carbonyl (C=O) groups is 2. The Morgan fingerprint density at radius 1 is 1.09 bits per heavy atom. The van der Waals surface area contributed by atoms with E-state index < -0.39 is 66.2 Å². The van der Waals surface area contributed by atoms with Crippen molar-refractivity contribution >= 4 is 29.1 Å². The minimum absolute atomic E-state index is 0.00293. The first kappa shape index (κ1) is 38.5. The first-order valence-electron chi connectivity index (χ1n) is 16.0. The lowest BCUT2D eigenvalue weighted by Gasteiger charge is -2.32. The minimum atomic E-state index is -2.10. The molecule has 3 aromatic carbocycles. The molecule has 0 radical (unpaired) electrons. The average molecular weight is 753 g/mol. The van der Waals surface area contributed by atoms with Gasteiger partial charge in [-0.2, -0.15) is 9.83 Å². The van der Waals surface area contributed by atoms with E-state index in [9.17, 15) is 27.9 Å². The minimum Gasteiger partial charge on any atom is -0.460 e. The molecular weight excluding hydrogens is 718 g/mol. The van der Waals surface area contributed by atoms with Gasteiger partial charge in [0.2, 0.25) is 12.6 Å². The highest BCUT2D eigenvalue weighted by atomic mass is 32.1. The van der Waals surface area contributed by atoms with Crippen LogP contribution >= 0.6 is 11.3 Å². The largest absolute Gasteiger partial charge is 0.460 e. The van der Waals surface area contributed by atoms with Gasteiger partial charge in [-0.05, 0) is 43.4 Å². The Hall–Kier alpha value is -5.70. The number of thiazole rings is 1. The molecular formula is C36H34F4N7O5S+. The molecule has 0 fully saturated rings. The smallest absolute Gasteiger partial charge is 0.416 e. The molecule has 2 heterocycles. The van der Waals surface area contributed by atoms with Crippen molar-refractivity contribution < 1.29 is 46.3 Å². The van der Waals surface area contributed by atoms with Crippen molar-refractivity contribution in [1.82, 2.24) is 20.1 Å². The summed E-state index contributed by atoms with van der Waals surface area (Å²) < 4.78 is 71.4. The van der Waals surface area contributed by atoms with Gasteiger partial charge in [-0.1, -0.05) is 19.1 Å². The van der Waals surface area contributed by atoms with Crippen molar-refractivity contribution in [3.05, 3.63) is 118 Å². The van der Waals surface area contributed by atoms with E-state index in [-0.39, 0.29) is 23.4 Å². The number of nitrogens with one attached hydrogen (secondary N) is 1. The van der Waals surface area contributed by atoms with Crippen LogP contribution in [0.3, 0.4) is 0 Å². The van der Waals surface area contributed by atoms with E-state index in [0.717, 1.165) is 40.8 Å². The Kier molecular flexibility index (Phi) is 11.9. The first-order chi connectivity index (χ1) is 25.2. The zero-order valence-corrected chi connectivity index (χ0v) is 29.7. The van der Waals surface area contributed by atoms with Gasteiger partial charge in [-0.3, -0.25) is 9.69 Å². The van der Waals surface area contributed by atoms with E-state index >= 15 is 4.39 Å². The van der Waals surface area contributed by atoms with Crippen molar-refractivity contribution in [2.45, 2.75) is 44.7 Å². The number of anilines is 1. The summed E-state index contributed by atoms with van der Waals surface area (Å²) in [5, 5.41) is 30.4. The number of nitrogens with zero attached hydrogens (tertiary/aromatic N) is 6. The maximum absolute atomic E-state index is 15.3. The van der Waals surface area contributed by atoms with Gasteiger partial charge in [0.25, 0.3) is 6.33 Å². The van der Waals surface area contributed by atoms with Crippen LogP contribution in [-0.2, 0) is 33.0 Å². The molecule has 3 atom stereocenters. The topological polar surface area (TPSA) is 146 Å². The van der Waals surface area contributed by atoms with Gasteiger partial charge in [0.15, 0.2) is 11.6 Å². The molecule has 2 aromatic heterocycles. The fourth-order valence-corrected chi connectivity index (χ4v) is 6.39. The number of carbonyl (C=O) groups excluding carboxylic acids is 2. The summed E-state index contributed by atoms with van der Waals surface area (Å²) >= 11 is 1.21. The summed E-state index contributed by atoms with van der Waals surface area (Å²) in [5.74, 6) is -5.64. The molecule has 5 rings (SSSR count). The predicted molar refractivity (Wildman–Crippen MR) is 183 cm³/mol. The normalized spacial score (nSPS) is 13.4. The number of halogens is 4. The lowest BCUT2D eigenvalue weighted by atomic mass is 9.82. The zero-order chi connectivity index (χ0) is 38.4. The summed E-state index contributed by atoms with van der Waals surface area (Å²) in [7, 11) is 2.79. The average Bonchev–Trinajstić information content (AvgIpc) is 3.83. The fraction of sp³-hybridized carbons (Fsp3) is 0.278. The second-order valence-electron chi connectivity index (χ2n) is 12.0. The number of rotatable bonds is 13. The van der Waals surface area contributed by atoms with Gasteiger partial charge in [-0.25, -0.2) is 27.3 Å². The molecule has 1 amide bonds. The van der Waals surface area contributed by atoms with Gasteiger partial charge < -0.3 is 19.9 Å². The Morgan fingerprint density at radius 3 is 2.51 bits per heavy atom. The molecule has 17 heteroatoms. The van der Waals surface area contributed by atoms with Crippen LogP contribution < -0.4 is 14.8 Å². The van der Waals surface area contributed by atoms with Crippen molar-refractivity contribution in [3.63, 3.8) is 0 Å². The zero-order valence-electron chi connectivity index (χ0n) is 28.9. The standard InChI is InChI=1S/C36H34F4N7O5S/c1-21(34-44-31(17-53-34)24-7-5-23(14-41)6-8-24)36(50,27-12-26(37)9-10-28(27)38)18-47-20-46(19-43-47)22(2)52-35(49)45(4)32-13-30(40)29(39)11-25(32)16-51-33(48)15-42-3/h5-13,17,19-22,42,50H,15-16,18H2,1-4H3/q+1/t21-,22?,36+/m0/s1. The molecule has 53 heavy (non-hydrogen) atoms. The van der Waals surface area contributed by atoms with E-state index in [1.165, 1.54) is 54.3 Å². The molecule has 276 valence electrons. The van der Waals surface area contributed by atoms with Crippen LogP contribution in [0.5, 0.6) is 0 Å². The van der Waals surface area contributed by atoms with Gasteiger partial charge >= 0.3 is 12.1 Å². The van der Waals surface area contributed by atoms with E-state index in [1.807, 2.05) is 0 Å². The number of nitriles is 1. The quantitative estimate of drug-likeness (QED) is 0.0909. The first-order valence-corrected chi connectivity index (χ1v) is 16.9. The summed E-state index contributed by atoms with van der Waals surface area (Å²) in [4.78, 5) is 30.6. The van der Waals surface area contributed by atoms with Gasteiger partial charge in [-0.15, -0.1) is 16.0 Å². The van der Waals surface area contributed by atoms with Gasteiger partial charge in [0.1, 0.15) is 30.4 Å². The second kappa shape index (κ2) is 16.3. The highest BCUT2D eigenvalue weighted by Crippen LogP contribution is 2.41. The molecule has 2 N–H and O–H groups in total. The molecule has 12 nitrogen and oxygen atoms in total. The summed E-state index contributed by atoms with van der Waals surface area (Å²) in [6, 6.07) is 13.1. The van der Waals surface area contributed by atoms with Crippen molar-refractivity contribution in [1.29, 1.82) is 5.26 Å². The third-order valence-corrected chi connectivity index (χ3v) is 9.50. The fourth-order valence-electron chi connectivity index (χ4n) is 5.42. The Bertz CT molecular complexity index is 2160. The predicted octanol–water partition coefficient (Wildman–Crippen LogP) is 5.47. The number of hydrogen-bond donors (Lipinski definition) is 2. The number of likely N-dealkylation sites (N-methyl/N-ethyl adjacent to an activating group) is 1. The molecule has 0 saturated carbocycles. The maximum Gasteiger partial charge on any atom is 0.416 e. The van der Waals surface area contributed by atoms with E-state index in [0.29, 0.717) is 16.3 Å². The van der Waals surface area contributed by atoms with Crippen LogP contribution in [0, 0.1) is 34.6 Å². The molecule has 0 aliphatic carbocycles. The van der Waals surface area contributed by atoms with Crippen molar-refractivity contribution in [2.24, 2.45) is 0 Å².